The first-order valence-electron chi connectivity index (χ1n) is 6.42. The maximum atomic E-state index is 11.9. The van der Waals surface area contributed by atoms with Gasteiger partial charge in [-0.05, 0) is 37.5 Å². The zero-order valence-electron chi connectivity index (χ0n) is 11.4. The van der Waals surface area contributed by atoms with Crippen molar-refractivity contribution in [2.24, 2.45) is 5.92 Å². The number of hydrogen-bond donors (Lipinski definition) is 2. The standard InChI is InChI=1S/C14H19N3O2/c1-8(2)6-9(3)19-14-16-12-5-4-10(15)7-11(12)13(18)17-14/h4-5,7-9H,6,15H2,1-3H3,(H,16,17,18). The van der Waals surface area contributed by atoms with Crippen LogP contribution in [-0.4, -0.2) is 16.1 Å². The average molecular weight is 261 g/mol. The quantitative estimate of drug-likeness (QED) is 0.827. The molecule has 0 aliphatic heterocycles. The summed E-state index contributed by atoms with van der Waals surface area (Å²) in [6.45, 7) is 6.21. The molecule has 0 aliphatic rings. The van der Waals surface area contributed by atoms with E-state index in [4.69, 9.17) is 10.5 Å². The number of H-pyrrole nitrogens is 1. The lowest BCUT2D eigenvalue weighted by atomic mass is 10.1. The highest BCUT2D eigenvalue weighted by atomic mass is 16.5. The van der Waals surface area contributed by atoms with Crippen LogP contribution in [0.15, 0.2) is 23.0 Å². The number of aromatic nitrogens is 2. The summed E-state index contributed by atoms with van der Waals surface area (Å²) in [7, 11) is 0. The van der Waals surface area contributed by atoms with E-state index in [1.165, 1.54) is 0 Å². The van der Waals surface area contributed by atoms with Crippen molar-refractivity contribution in [2.45, 2.75) is 33.3 Å². The molecule has 1 aromatic carbocycles. The topological polar surface area (TPSA) is 81.0 Å². The summed E-state index contributed by atoms with van der Waals surface area (Å²) in [4.78, 5) is 18.9. The molecule has 2 aromatic rings. The molecule has 5 heteroatoms. The number of nitrogens with two attached hydrogens (primary N) is 1. The van der Waals surface area contributed by atoms with Crippen molar-refractivity contribution in [3.63, 3.8) is 0 Å². The van der Waals surface area contributed by atoms with Gasteiger partial charge in [-0.1, -0.05) is 13.8 Å². The molecule has 0 aliphatic carbocycles. The number of nitrogen functional groups attached to an aromatic ring is 1. The number of hydrogen-bond acceptors (Lipinski definition) is 4. The first kappa shape index (κ1) is 13.4. The maximum Gasteiger partial charge on any atom is 0.297 e. The minimum atomic E-state index is -0.232. The number of aromatic amines is 1. The highest BCUT2D eigenvalue weighted by Crippen LogP contribution is 2.15. The first-order valence-corrected chi connectivity index (χ1v) is 6.42. The average Bonchev–Trinajstić information content (AvgIpc) is 2.29. The summed E-state index contributed by atoms with van der Waals surface area (Å²) >= 11 is 0. The molecule has 0 amide bonds. The summed E-state index contributed by atoms with van der Waals surface area (Å²) in [5.74, 6) is 0.530. The van der Waals surface area contributed by atoms with Crippen molar-refractivity contribution in [3.8, 4) is 6.01 Å². The van der Waals surface area contributed by atoms with Crippen LogP contribution < -0.4 is 16.0 Å². The maximum absolute atomic E-state index is 11.9. The Morgan fingerprint density at radius 2 is 2.11 bits per heavy atom. The van der Waals surface area contributed by atoms with Crippen LogP contribution in [0.25, 0.3) is 10.9 Å². The molecule has 0 saturated carbocycles. The molecule has 0 spiro atoms. The van der Waals surface area contributed by atoms with Gasteiger partial charge in [0.1, 0.15) is 0 Å². The third kappa shape index (κ3) is 3.24. The van der Waals surface area contributed by atoms with E-state index in [2.05, 4.69) is 23.8 Å². The van der Waals surface area contributed by atoms with Gasteiger partial charge in [-0.2, -0.15) is 4.98 Å². The first-order chi connectivity index (χ1) is 8.95. The molecule has 0 saturated heterocycles. The number of rotatable bonds is 4. The Hall–Kier alpha value is -2.04. The molecule has 1 unspecified atom stereocenters. The van der Waals surface area contributed by atoms with Crippen molar-refractivity contribution in [2.75, 3.05) is 5.73 Å². The highest BCUT2D eigenvalue weighted by molar-refractivity contribution is 5.81. The van der Waals surface area contributed by atoms with Gasteiger partial charge in [-0.3, -0.25) is 9.78 Å². The lowest BCUT2D eigenvalue weighted by Gasteiger charge is -2.15. The van der Waals surface area contributed by atoms with Gasteiger partial charge >= 0.3 is 0 Å². The van der Waals surface area contributed by atoms with Crippen LogP contribution in [0.3, 0.4) is 0 Å². The molecule has 0 radical (unpaired) electrons. The van der Waals surface area contributed by atoms with Gasteiger partial charge in [0.25, 0.3) is 11.6 Å². The SMILES string of the molecule is CC(C)CC(C)Oc1nc2ccc(N)cc2c(=O)[nH]1. The van der Waals surface area contributed by atoms with Crippen molar-refractivity contribution in [1.29, 1.82) is 0 Å². The molecule has 19 heavy (non-hydrogen) atoms. The van der Waals surface area contributed by atoms with E-state index in [9.17, 15) is 4.79 Å². The summed E-state index contributed by atoms with van der Waals surface area (Å²) < 4.78 is 5.65. The Kier molecular flexibility index (Phi) is 3.74. The number of anilines is 1. The predicted molar refractivity (Wildman–Crippen MR) is 76.3 cm³/mol. The summed E-state index contributed by atoms with van der Waals surface area (Å²) in [5, 5.41) is 0.476. The van der Waals surface area contributed by atoms with Crippen LogP contribution in [-0.2, 0) is 0 Å². The fourth-order valence-corrected chi connectivity index (χ4v) is 2.09. The summed E-state index contributed by atoms with van der Waals surface area (Å²) in [6, 6.07) is 5.31. The largest absolute Gasteiger partial charge is 0.462 e. The lowest BCUT2D eigenvalue weighted by Crippen LogP contribution is -2.19. The van der Waals surface area contributed by atoms with Gasteiger partial charge in [-0.25, -0.2) is 0 Å². The third-order valence-electron chi connectivity index (χ3n) is 2.82. The Balaban J connectivity index is 2.31. The Morgan fingerprint density at radius 3 is 2.79 bits per heavy atom. The molecular weight excluding hydrogens is 242 g/mol. The Morgan fingerprint density at radius 1 is 1.37 bits per heavy atom. The summed E-state index contributed by atoms with van der Waals surface area (Å²) in [6.07, 6.45) is 0.915. The minimum Gasteiger partial charge on any atom is -0.462 e. The van der Waals surface area contributed by atoms with Crippen LogP contribution in [0.2, 0.25) is 0 Å². The number of benzene rings is 1. The van der Waals surface area contributed by atoms with Crippen LogP contribution in [0.4, 0.5) is 5.69 Å². The van der Waals surface area contributed by atoms with E-state index in [1.807, 2.05) is 6.92 Å². The van der Waals surface area contributed by atoms with E-state index >= 15 is 0 Å². The molecule has 1 heterocycles. The molecule has 102 valence electrons. The van der Waals surface area contributed by atoms with Crippen molar-refractivity contribution in [1.82, 2.24) is 9.97 Å². The highest BCUT2D eigenvalue weighted by Gasteiger charge is 2.10. The molecule has 1 atom stereocenters. The number of nitrogens with one attached hydrogen (secondary N) is 1. The normalized spacial score (nSPS) is 12.8. The van der Waals surface area contributed by atoms with E-state index in [0.717, 1.165) is 6.42 Å². The Labute approximate surface area is 111 Å². The van der Waals surface area contributed by atoms with Gasteiger partial charge in [0.15, 0.2) is 0 Å². The van der Waals surface area contributed by atoms with E-state index in [-0.39, 0.29) is 17.7 Å². The van der Waals surface area contributed by atoms with Gasteiger partial charge < -0.3 is 10.5 Å². The fourth-order valence-electron chi connectivity index (χ4n) is 2.09. The summed E-state index contributed by atoms with van der Waals surface area (Å²) in [5.41, 5.74) is 6.55. The third-order valence-corrected chi connectivity index (χ3v) is 2.82. The Bertz CT molecular complexity index is 634. The van der Waals surface area contributed by atoms with E-state index in [1.54, 1.807) is 18.2 Å². The van der Waals surface area contributed by atoms with Gasteiger partial charge in [0.05, 0.1) is 17.0 Å². The number of nitrogens with zero attached hydrogens (tertiary/aromatic N) is 1. The molecule has 3 N–H and O–H groups in total. The van der Waals surface area contributed by atoms with E-state index < -0.39 is 0 Å². The zero-order chi connectivity index (χ0) is 14.0. The second-order valence-electron chi connectivity index (χ2n) is 5.21. The van der Waals surface area contributed by atoms with Gasteiger partial charge in [0.2, 0.25) is 0 Å². The number of fused-ring (bicyclic) bond motifs is 1. The van der Waals surface area contributed by atoms with Crippen LogP contribution in [0, 0.1) is 5.92 Å². The predicted octanol–water partition coefficient (Wildman–Crippen LogP) is 2.32. The van der Waals surface area contributed by atoms with Crippen LogP contribution >= 0.6 is 0 Å². The van der Waals surface area contributed by atoms with E-state index in [0.29, 0.717) is 22.5 Å². The lowest BCUT2D eigenvalue weighted by molar-refractivity contribution is 0.178. The second-order valence-corrected chi connectivity index (χ2v) is 5.21. The van der Waals surface area contributed by atoms with Crippen molar-refractivity contribution in [3.05, 3.63) is 28.6 Å². The molecule has 0 fully saturated rings. The van der Waals surface area contributed by atoms with Gasteiger partial charge in [0, 0.05) is 5.69 Å². The molecular formula is C14H19N3O2. The number of ether oxygens (including phenoxy) is 1. The monoisotopic (exact) mass is 261 g/mol. The second kappa shape index (κ2) is 5.30. The van der Waals surface area contributed by atoms with Crippen LogP contribution in [0.1, 0.15) is 27.2 Å². The zero-order valence-corrected chi connectivity index (χ0v) is 11.4. The fraction of sp³-hybridized carbons (Fsp3) is 0.429. The molecule has 5 nitrogen and oxygen atoms in total. The smallest absolute Gasteiger partial charge is 0.297 e. The van der Waals surface area contributed by atoms with Crippen LogP contribution in [0.5, 0.6) is 6.01 Å². The molecule has 0 bridgehead atoms. The van der Waals surface area contributed by atoms with Crippen molar-refractivity contribution < 1.29 is 4.74 Å². The minimum absolute atomic E-state index is 0.00869. The molecule has 2 rings (SSSR count). The van der Waals surface area contributed by atoms with Crippen molar-refractivity contribution >= 4 is 16.6 Å². The van der Waals surface area contributed by atoms with Gasteiger partial charge in [-0.15, -0.1) is 0 Å². The molecule has 1 aromatic heterocycles.